The number of pyridine rings is 1. The Bertz CT molecular complexity index is 1250. The van der Waals surface area contributed by atoms with Gasteiger partial charge >= 0.3 is 0 Å². The van der Waals surface area contributed by atoms with Crippen molar-refractivity contribution in [1.82, 2.24) is 19.9 Å². The molecule has 0 radical (unpaired) electrons. The molecule has 7 heteroatoms. The number of nitrogens with one attached hydrogen (secondary N) is 1. The van der Waals surface area contributed by atoms with E-state index >= 15 is 0 Å². The Morgan fingerprint density at radius 1 is 1.18 bits per heavy atom. The van der Waals surface area contributed by atoms with Crippen LogP contribution in [0, 0.1) is 0 Å². The van der Waals surface area contributed by atoms with Crippen LogP contribution in [0.5, 0.6) is 0 Å². The zero-order valence-electron chi connectivity index (χ0n) is 19.1. The first-order valence-electron chi connectivity index (χ1n) is 11.3. The molecular weight excluding hydrogens is 432 g/mol. The van der Waals surface area contributed by atoms with Gasteiger partial charge in [0, 0.05) is 30.2 Å². The zero-order valence-corrected chi connectivity index (χ0v) is 19.9. The van der Waals surface area contributed by atoms with Gasteiger partial charge in [-0.05, 0) is 56.4 Å². The fourth-order valence-corrected chi connectivity index (χ4v) is 5.36. The molecule has 1 aromatic carbocycles. The molecule has 170 valence electrons. The lowest BCUT2D eigenvalue weighted by Gasteiger charge is -2.32. The Balaban J connectivity index is 1.41. The van der Waals surface area contributed by atoms with Gasteiger partial charge in [-0.1, -0.05) is 24.3 Å². The number of carbonyl (C=O) groups is 1. The van der Waals surface area contributed by atoms with Crippen LogP contribution < -0.4 is 5.32 Å². The lowest BCUT2D eigenvalue weighted by atomic mass is 9.99. The van der Waals surface area contributed by atoms with Crippen molar-refractivity contribution in [1.29, 1.82) is 0 Å². The van der Waals surface area contributed by atoms with E-state index in [1.165, 1.54) is 5.56 Å². The molecule has 4 heterocycles. The van der Waals surface area contributed by atoms with Gasteiger partial charge < -0.3 is 14.6 Å². The predicted octanol–water partition coefficient (Wildman–Crippen LogP) is 4.97. The Morgan fingerprint density at radius 2 is 1.94 bits per heavy atom. The maximum absolute atomic E-state index is 13.1. The summed E-state index contributed by atoms with van der Waals surface area (Å²) < 4.78 is 7.88. The number of hydrogen-bond donors (Lipinski definition) is 1. The van der Waals surface area contributed by atoms with Gasteiger partial charge in [0.1, 0.15) is 5.69 Å². The SMILES string of the molecule is C[C@@H]1CC(NC(=O)c2cc(Cc3ccc(-c4cscn4)cc3)c3c(ccn3C)n2)C[C@H](C)O1. The molecule has 1 saturated heterocycles. The standard InChI is InChI=1S/C26H28N4O2S/c1-16-10-21(11-17(2)32-16)28-26(31)23-13-20(25-22(29-23)8-9-30(25)3)12-18-4-6-19(7-5-18)24-14-33-15-27-24/h4-9,13-17,21H,10-12H2,1-3H3,(H,28,31)/t16-,17+,21?. The number of carbonyl (C=O) groups excluding carboxylic acids is 1. The monoisotopic (exact) mass is 460 g/mol. The Morgan fingerprint density at radius 3 is 2.64 bits per heavy atom. The minimum Gasteiger partial charge on any atom is -0.375 e. The Labute approximate surface area is 197 Å². The zero-order chi connectivity index (χ0) is 22.9. The summed E-state index contributed by atoms with van der Waals surface area (Å²) in [4.78, 5) is 22.2. The summed E-state index contributed by atoms with van der Waals surface area (Å²) in [6.07, 6.45) is 4.65. The minimum atomic E-state index is -0.118. The molecule has 1 N–H and O–H groups in total. The van der Waals surface area contributed by atoms with Crippen molar-refractivity contribution >= 4 is 28.3 Å². The molecule has 5 rings (SSSR count). The molecule has 3 aromatic heterocycles. The highest BCUT2D eigenvalue weighted by Gasteiger charge is 2.26. The average molecular weight is 461 g/mol. The molecule has 1 amide bonds. The highest BCUT2D eigenvalue weighted by atomic mass is 32.1. The van der Waals surface area contributed by atoms with Gasteiger partial charge in [0.15, 0.2) is 0 Å². The fourth-order valence-electron chi connectivity index (χ4n) is 4.80. The van der Waals surface area contributed by atoms with Crippen LogP contribution in [0.15, 0.2) is 53.5 Å². The van der Waals surface area contributed by atoms with Gasteiger partial charge in [-0.15, -0.1) is 11.3 Å². The molecule has 33 heavy (non-hydrogen) atoms. The summed E-state index contributed by atoms with van der Waals surface area (Å²) in [6.45, 7) is 4.11. The predicted molar refractivity (Wildman–Crippen MR) is 132 cm³/mol. The van der Waals surface area contributed by atoms with E-state index in [0.29, 0.717) is 5.69 Å². The number of rotatable bonds is 5. The third-order valence-corrected chi connectivity index (χ3v) is 6.84. The first kappa shape index (κ1) is 21.8. The highest BCUT2D eigenvalue weighted by molar-refractivity contribution is 7.07. The van der Waals surface area contributed by atoms with Crippen LogP contribution in [0.1, 0.15) is 48.3 Å². The number of fused-ring (bicyclic) bond motifs is 1. The quantitative estimate of drug-likeness (QED) is 0.456. The van der Waals surface area contributed by atoms with E-state index in [1.54, 1.807) is 11.3 Å². The topological polar surface area (TPSA) is 69.0 Å². The molecule has 0 bridgehead atoms. The molecular formula is C26H28N4O2S. The van der Waals surface area contributed by atoms with Crippen molar-refractivity contribution in [2.45, 2.75) is 51.4 Å². The van der Waals surface area contributed by atoms with E-state index < -0.39 is 0 Å². The molecule has 6 nitrogen and oxygen atoms in total. The molecule has 1 aliphatic heterocycles. The van der Waals surface area contributed by atoms with Crippen LogP contribution in [-0.2, 0) is 18.2 Å². The number of benzene rings is 1. The summed E-state index contributed by atoms with van der Waals surface area (Å²) >= 11 is 1.60. The Hall–Kier alpha value is -3.03. The van der Waals surface area contributed by atoms with Crippen LogP contribution in [0.25, 0.3) is 22.3 Å². The molecule has 1 aliphatic rings. The smallest absolute Gasteiger partial charge is 0.270 e. The molecule has 1 unspecified atom stereocenters. The van der Waals surface area contributed by atoms with Gasteiger partial charge in [-0.3, -0.25) is 4.79 Å². The molecule has 0 spiro atoms. The normalized spacial score (nSPS) is 20.8. The van der Waals surface area contributed by atoms with E-state index in [4.69, 9.17) is 4.74 Å². The number of nitrogens with zero attached hydrogens (tertiary/aromatic N) is 3. The number of amides is 1. The van der Waals surface area contributed by atoms with Gasteiger partial charge in [-0.25, -0.2) is 9.97 Å². The lowest BCUT2D eigenvalue weighted by molar-refractivity contribution is -0.0408. The largest absolute Gasteiger partial charge is 0.375 e. The van der Waals surface area contributed by atoms with Crippen molar-refractivity contribution in [2.75, 3.05) is 0 Å². The van der Waals surface area contributed by atoms with E-state index in [0.717, 1.165) is 47.1 Å². The maximum Gasteiger partial charge on any atom is 0.270 e. The van der Waals surface area contributed by atoms with Gasteiger partial charge in [0.05, 0.1) is 34.4 Å². The summed E-state index contributed by atoms with van der Waals surface area (Å²) in [5.74, 6) is -0.118. The Kier molecular flexibility index (Phi) is 6.00. The van der Waals surface area contributed by atoms with Crippen LogP contribution in [0.3, 0.4) is 0 Å². The third-order valence-electron chi connectivity index (χ3n) is 6.25. The number of aryl methyl sites for hydroxylation is 1. The van der Waals surface area contributed by atoms with E-state index in [9.17, 15) is 4.79 Å². The molecule has 3 atom stereocenters. The van der Waals surface area contributed by atoms with E-state index in [-0.39, 0.29) is 24.2 Å². The highest BCUT2D eigenvalue weighted by Crippen LogP contribution is 2.25. The molecule has 4 aromatic rings. The summed E-state index contributed by atoms with van der Waals surface area (Å²) in [6, 6.07) is 12.5. The van der Waals surface area contributed by atoms with Crippen LogP contribution >= 0.6 is 11.3 Å². The second-order valence-electron chi connectivity index (χ2n) is 8.97. The number of aromatic nitrogens is 3. The average Bonchev–Trinajstić information content (AvgIpc) is 3.44. The summed E-state index contributed by atoms with van der Waals surface area (Å²) in [5.41, 5.74) is 8.59. The first-order chi connectivity index (χ1) is 16.0. The van der Waals surface area contributed by atoms with Gasteiger partial charge in [0.2, 0.25) is 0 Å². The lowest BCUT2D eigenvalue weighted by Crippen LogP contribution is -2.44. The maximum atomic E-state index is 13.1. The molecule has 1 fully saturated rings. The van der Waals surface area contributed by atoms with Crippen molar-refractivity contribution in [3.63, 3.8) is 0 Å². The van der Waals surface area contributed by atoms with Crippen LogP contribution in [-0.4, -0.2) is 38.7 Å². The van der Waals surface area contributed by atoms with E-state index in [1.807, 2.05) is 30.9 Å². The number of ether oxygens (including phenoxy) is 1. The number of thiazole rings is 1. The van der Waals surface area contributed by atoms with E-state index in [2.05, 4.69) is 63.3 Å². The summed E-state index contributed by atoms with van der Waals surface area (Å²) in [7, 11) is 2.02. The van der Waals surface area contributed by atoms with Gasteiger partial charge in [-0.2, -0.15) is 0 Å². The molecule has 0 saturated carbocycles. The van der Waals surface area contributed by atoms with Crippen molar-refractivity contribution in [3.8, 4) is 11.3 Å². The number of hydrogen-bond acceptors (Lipinski definition) is 5. The minimum absolute atomic E-state index is 0.103. The van der Waals surface area contributed by atoms with Crippen LogP contribution in [0.2, 0.25) is 0 Å². The van der Waals surface area contributed by atoms with Crippen molar-refractivity contribution < 1.29 is 9.53 Å². The second-order valence-corrected chi connectivity index (χ2v) is 9.69. The van der Waals surface area contributed by atoms with Crippen molar-refractivity contribution in [3.05, 3.63) is 70.3 Å². The van der Waals surface area contributed by atoms with Gasteiger partial charge in [0.25, 0.3) is 5.91 Å². The third kappa shape index (κ3) is 4.70. The second kappa shape index (κ2) is 9.08. The first-order valence-corrected chi connectivity index (χ1v) is 12.3. The molecule has 0 aliphatic carbocycles. The summed E-state index contributed by atoms with van der Waals surface area (Å²) in [5, 5.41) is 5.24. The van der Waals surface area contributed by atoms with Crippen molar-refractivity contribution in [2.24, 2.45) is 7.05 Å². The fraction of sp³-hybridized carbons (Fsp3) is 0.346. The van der Waals surface area contributed by atoms with Crippen LogP contribution in [0.4, 0.5) is 0 Å².